The van der Waals surface area contributed by atoms with Gasteiger partial charge in [0, 0.05) is 12.6 Å². The number of nitrogens with one attached hydrogen (secondary N) is 1. The van der Waals surface area contributed by atoms with E-state index in [2.05, 4.69) is 29.2 Å². The van der Waals surface area contributed by atoms with Gasteiger partial charge in [-0.05, 0) is 72.3 Å². The van der Waals surface area contributed by atoms with E-state index in [1.807, 2.05) is 0 Å². The first-order chi connectivity index (χ1) is 9.99. The smallest absolute Gasteiger partial charge is 0.324 e. The second kappa shape index (κ2) is 7.07. The maximum absolute atomic E-state index is 11.7. The van der Waals surface area contributed by atoms with E-state index < -0.39 is 11.5 Å². The maximum Gasteiger partial charge on any atom is 0.324 e. The predicted molar refractivity (Wildman–Crippen MR) is 84.5 cm³/mol. The van der Waals surface area contributed by atoms with Gasteiger partial charge in [-0.25, -0.2) is 0 Å². The average molecular weight is 297 g/mol. The van der Waals surface area contributed by atoms with Crippen molar-refractivity contribution in [3.05, 3.63) is 0 Å². The molecule has 3 atom stereocenters. The van der Waals surface area contributed by atoms with E-state index in [9.17, 15) is 9.90 Å². The Labute approximate surface area is 128 Å². The van der Waals surface area contributed by atoms with Crippen LogP contribution in [0.2, 0.25) is 0 Å². The molecule has 1 saturated carbocycles. The summed E-state index contributed by atoms with van der Waals surface area (Å²) in [6.45, 7) is 3.32. The average Bonchev–Trinajstić information content (AvgIpc) is 2.89. The fourth-order valence-corrected chi connectivity index (χ4v) is 4.18. The summed E-state index contributed by atoms with van der Waals surface area (Å²) in [6.07, 6.45) is 6.36. The van der Waals surface area contributed by atoms with Crippen molar-refractivity contribution in [1.29, 1.82) is 0 Å². The number of carbonyl (C=O) groups is 1. The highest BCUT2D eigenvalue weighted by atomic mass is 16.4. The molecule has 5 heteroatoms. The number of likely N-dealkylation sites (N-methyl/N-ethyl adjacent to an activating group) is 2. The summed E-state index contributed by atoms with van der Waals surface area (Å²) in [6, 6.07) is 0.649. The molecule has 3 unspecified atom stereocenters. The summed E-state index contributed by atoms with van der Waals surface area (Å²) < 4.78 is 0. The number of carboxylic acids is 1. The molecule has 0 aromatic rings. The van der Waals surface area contributed by atoms with Crippen LogP contribution in [0.3, 0.4) is 0 Å². The molecule has 1 heterocycles. The molecule has 1 aliphatic heterocycles. The number of nitrogens with zero attached hydrogens (tertiary/aromatic N) is 2. The number of aliphatic carboxylic acids is 1. The zero-order valence-corrected chi connectivity index (χ0v) is 13.8. The highest BCUT2D eigenvalue weighted by molar-refractivity contribution is 5.79. The van der Waals surface area contributed by atoms with Crippen LogP contribution in [-0.2, 0) is 4.79 Å². The monoisotopic (exact) mass is 297 g/mol. The van der Waals surface area contributed by atoms with Crippen molar-refractivity contribution in [2.24, 2.45) is 5.92 Å². The largest absolute Gasteiger partial charge is 0.480 e. The van der Waals surface area contributed by atoms with Crippen molar-refractivity contribution in [2.75, 3.05) is 40.8 Å². The third-order valence-electron chi connectivity index (χ3n) is 5.65. The Morgan fingerprint density at radius 2 is 2.14 bits per heavy atom. The fourth-order valence-electron chi connectivity index (χ4n) is 4.18. The van der Waals surface area contributed by atoms with Gasteiger partial charge in [-0.3, -0.25) is 4.79 Å². The van der Waals surface area contributed by atoms with E-state index in [-0.39, 0.29) is 5.92 Å². The van der Waals surface area contributed by atoms with Crippen LogP contribution < -0.4 is 5.32 Å². The lowest BCUT2D eigenvalue weighted by Gasteiger charge is -2.38. The molecule has 5 nitrogen and oxygen atoms in total. The second-order valence-electron chi connectivity index (χ2n) is 6.96. The van der Waals surface area contributed by atoms with E-state index in [1.165, 1.54) is 12.8 Å². The summed E-state index contributed by atoms with van der Waals surface area (Å²) in [7, 11) is 6.11. The topological polar surface area (TPSA) is 55.8 Å². The molecule has 0 aromatic heterocycles. The highest BCUT2D eigenvalue weighted by Gasteiger charge is 2.47. The number of hydrogen-bond donors (Lipinski definition) is 2. The highest BCUT2D eigenvalue weighted by Crippen LogP contribution is 2.38. The van der Waals surface area contributed by atoms with Gasteiger partial charge in [0.15, 0.2) is 0 Å². The van der Waals surface area contributed by atoms with Crippen LogP contribution in [0.5, 0.6) is 0 Å². The fraction of sp³-hybridized carbons (Fsp3) is 0.938. The van der Waals surface area contributed by atoms with Gasteiger partial charge in [0.25, 0.3) is 0 Å². The molecule has 1 saturated heterocycles. The van der Waals surface area contributed by atoms with Gasteiger partial charge in [-0.2, -0.15) is 0 Å². The van der Waals surface area contributed by atoms with E-state index in [1.54, 1.807) is 7.05 Å². The van der Waals surface area contributed by atoms with E-state index in [4.69, 9.17) is 0 Å². The van der Waals surface area contributed by atoms with Gasteiger partial charge in [0.2, 0.25) is 0 Å². The molecule has 0 spiro atoms. The molecule has 2 aliphatic rings. The summed E-state index contributed by atoms with van der Waals surface area (Å²) in [5.41, 5.74) is -0.684. The van der Waals surface area contributed by atoms with E-state index in [0.29, 0.717) is 6.04 Å². The van der Waals surface area contributed by atoms with E-state index in [0.717, 1.165) is 45.3 Å². The van der Waals surface area contributed by atoms with Crippen LogP contribution in [0.15, 0.2) is 0 Å². The Morgan fingerprint density at radius 3 is 2.76 bits per heavy atom. The molecule has 0 amide bonds. The summed E-state index contributed by atoms with van der Waals surface area (Å²) in [5.74, 6) is -0.406. The molecule has 0 bridgehead atoms. The Bertz CT molecular complexity index is 361. The van der Waals surface area contributed by atoms with Gasteiger partial charge < -0.3 is 20.2 Å². The third-order valence-corrected chi connectivity index (χ3v) is 5.65. The maximum atomic E-state index is 11.7. The lowest BCUT2D eigenvalue weighted by Crippen LogP contribution is -2.54. The van der Waals surface area contributed by atoms with Gasteiger partial charge >= 0.3 is 5.97 Å². The summed E-state index contributed by atoms with van der Waals surface area (Å²) >= 11 is 0. The lowest BCUT2D eigenvalue weighted by molar-refractivity contribution is -0.146. The van der Waals surface area contributed by atoms with Gasteiger partial charge in [-0.15, -0.1) is 0 Å². The Balaban J connectivity index is 1.88. The quantitative estimate of drug-likeness (QED) is 0.773. The number of carboxylic acid groups (broad SMARTS) is 1. The number of likely N-dealkylation sites (tertiary alicyclic amines) is 1. The Hall–Kier alpha value is -0.650. The molecule has 2 fully saturated rings. The standard InChI is InChI=1S/C16H31N3O2/c1-17-16(15(20)21)9-4-6-13(16)8-11-19-10-5-7-14(12-19)18(2)3/h13-14,17H,4-12H2,1-3H3,(H,20,21). The van der Waals surface area contributed by atoms with Crippen LogP contribution >= 0.6 is 0 Å². The van der Waals surface area contributed by atoms with Gasteiger partial charge in [0.1, 0.15) is 5.54 Å². The first kappa shape index (κ1) is 16.7. The second-order valence-corrected chi connectivity index (χ2v) is 6.96. The molecular weight excluding hydrogens is 266 g/mol. The van der Waals surface area contributed by atoms with E-state index >= 15 is 0 Å². The minimum Gasteiger partial charge on any atom is -0.480 e. The van der Waals surface area contributed by atoms with Crippen molar-refractivity contribution in [2.45, 2.75) is 50.1 Å². The first-order valence-corrected chi connectivity index (χ1v) is 8.30. The molecule has 0 aromatic carbocycles. The van der Waals surface area contributed by atoms with Gasteiger partial charge in [-0.1, -0.05) is 6.42 Å². The van der Waals surface area contributed by atoms with Crippen LogP contribution in [0.1, 0.15) is 38.5 Å². The van der Waals surface area contributed by atoms with Crippen LogP contribution in [0.25, 0.3) is 0 Å². The summed E-state index contributed by atoms with van der Waals surface area (Å²) in [4.78, 5) is 16.5. The minimum atomic E-state index is -0.684. The van der Waals surface area contributed by atoms with Crippen LogP contribution in [0.4, 0.5) is 0 Å². The van der Waals surface area contributed by atoms with Gasteiger partial charge in [0.05, 0.1) is 0 Å². The molecule has 2 N–H and O–H groups in total. The SMILES string of the molecule is CNC1(C(=O)O)CCCC1CCN1CCCC(N(C)C)C1. The first-order valence-electron chi connectivity index (χ1n) is 8.30. The van der Waals surface area contributed by atoms with Crippen molar-refractivity contribution >= 4 is 5.97 Å². The normalized spacial score (nSPS) is 34.5. The zero-order chi connectivity index (χ0) is 15.5. The Morgan fingerprint density at radius 1 is 1.38 bits per heavy atom. The molecular formula is C16H31N3O2. The van der Waals surface area contributed by atoms with Crippen LogP contribution in [-0.4, -0.2) is 73.2 Å². The molecule has 1 aliphatic carbocycles. The molecule has 0 radical (unpaired) electrons. The number of hydrogen-bond acceptors (Lipinski definition) is 4. The van der Waals surface area contributed by atoms with Crippen molar-refractivity contribution in [1.82, 2.24) is 15.1 Å². The third kappa shape index (κ3) is 3.58. The summed E-state index contributed by atoms with van der Waals surface area (Å²) in [5, 5.41) is 12.7. The van der Waals surface area contributed by atoms with Crippen molar-refractivity contribution < 1.29 is 9.90 Å². The van der Waals surface area contributed by atoms with Crippen molar-refractivity contribution in [3.8, 4) is 0 Å². The molecule has 122 valence electrons. The van der Waals surface area contributed by atoms with Crippen molar-refractivity contribution in [3.63, 3.8) is 0 Å². The number of piperidine rings is 1. The lowest BCUT2D eigenvalue weighted by atomic mass is 9.84. The minimum absolute atomic E-state index is 0.264. The number of rotatable bonds is 6. The molecule has 2 rings (SSSR count). The Kier molecular flexibility index (Phi) is 5.63. The zero-order valence-electron chi connectivity index (χ0n) is 13.8. The predicted octanol–water partition coefficient (Wildman–Crippen LogP) is 1.25. The van der Waals surface area contributed by atoms with Crippen LogP contribution in [0, 0.1) is 5.92 Å². The molecule has 21 heavy (non-hydrogen) atoms.